The van der Waals surface area contributed by atoms with Gasteiger partial charge in [0, 0.05) is 13.1 Å². The first kappa shape index (κ1) is 15.9. The number of hydrogen-bond donors (Lipinski definition) is 2. The molecule has 0 radical (unpaired) electrons. The summed E-state index contributed by atoms with van der Waals surface area (Å²) >= 11 is 0. The van der Waals surface area contributed by atoms with Crippen molar-refractivity contribution in [3.05, 3.63) is 35.6 Å². The number of aliphatic hydroxyl groups is 1. The van der Waals surface area contributed by atoms with E-state index in [4.69, 9.17) is 5.11 Å². The third-order valence-corrected chi connectivity index (χ3v) is 4.22. The Hall–Kier alpha value is -1.46. The molecule has 21 heavy (non-hydrogen) atoms. The monoisotopic (exact) mass is 294 g/mol. The molecule has 0 unspecified atom stereocenters. The number of carbonyl (C=O) groups excluding carboxylic acids is 1. The summed E-state index contributed by atoms with van der Waals surface area (Å²) in [6.07, 6.45) is 2.48. The van der Waals surface area contributed by atoms with Gasteiger partial charge in [-0.15, -0.1) is 0 Å². The van der Waals surface area contributed by atoms with Gasteiger partial charge in [0.1, 0.15) is 11.9 Å². The predicted octanol–water partition coefficient (Wildman–Crippen LogP) is 1.19. The van der Waals surface area contributed by atoms with E-state index < -0.39 is 6.04 Å². The largest absolute Gasteiger partial charge is 0.394 e. The first-order valence-corrected chi connectivity index (χ1v) is 7.46. The van der Waals surface area contributed by atoms with Gasteiger partial charge in [0.15, 0.2) is 0 Å². The zero-order chi connectivity index (χ0) is 15.2. The number of hydrogen-bond acceptors (Lipinski definition) is 3. The summed E-state index contributed by atoms with van der Waals surface area (Å²) in [5.41, 5.74) is 0.755. The second kappa shape index (κ2) is 7.52. The normalized spacial score (nSPS) is 17.8. The molecule has 2 N–H and O–H groups in total. The first-order chi connectivity index (χ1) is 10.2. The van der Waals surface area contributed by atoms with E-state index in [9.17, 15) is 9.18 Å². The fourth-order valence-corrected chi connectivity index (χ4v) is 2.85. The van der Waals surface area contributed by atoms with Gasteiger partial charge in [0.05, 0.1) is 6.61 Å². The Labute approximate surface area is 125 Å². The lowest BCUT2D eigenvalue weighted by Gasteiger charge is -2.34. The molecule has 1 aliphatic rings. The molecule has 1 aromatic rings. The first-order valence-electron chi connectivity index (χ1n) is 7.46. The molecule has 1 aromatic carbocycles. The van der Waals surface area contributed by atoms with Gasteiger partial charge < -0.3 is 15.3 Å². The van der Waals surface area contributed by atoms with Gasteiger partial charge in [-0.3, -0.25) is 4.79 Å². The zero-order valence-corrected chi connectivity index (χ0v) is 12.4. The smallest absolute Gasteiger partial charge is 0.242 e. The molecule has 0 saturated carbocycles. The Kier molecular flexibility index (Phi) is 5.70. The Balaban J connectivity index is 1.86. The maximum atomic E-state index is 13.6. The fraction of sp³-hybridized carbons (Fsp3) is 0.562. The summed E-state index contributed by atoms with van der Waals surface area (Å²) in [6.45, 7) is 1.16. The quantitative estimate of drug-likeness (QED) is 0.857. The lowest BCUT2D eigenvalue weighted by molar-refractivity contribution is -0.135. The average Bonchev–Trinajstić information content (AvgIpc) is 2.51. The van der Waals surface area contributed by atoms with Crippen molar-refractivity contribution in [2.75, 3.05) is 26.7 Å². The van der Waals surface area contributed by atoms with Gasteiger partial charge in [-0.1, -0.05) is 18.2 Å². The van der Waals surface area contributed by atoms with E-state index >= 15 is 0 Å². The molecular formula is C16H23FN2O2. The Bertz CT molecular complexity index is 469. The van der Waals surface area contributed by atoms with Gasteiger partial charge in [-0.25, -0.2) is 4.39 Å². The van der Waals surface area contributed by atoms with Crippen LogP contribution in [0.15, 0.2) is 24.3 Å². The molecular weight excluding hydrogens is 271 g/mol. The van der Waals surface area contributed by atoms with Gasteiger partial charge >= 0.3 is 0 Å². The van der Waals surface area contributed by atoms with Gasteiger partial charge in [-0.05, 0) is 43.9 Å². The number of halogens is 1. The van der Waals surface area contributed by atoms with E-state index in [0.717, 1.165) is 24.8 Å². The maximum Gasteiger partial charge on any atom is 0.242 e. The number of rotatable bonds is 5. The van der Waals surface area contributed by atoms with Crippen LogP contribution >= 0.6 is 0 Å². The number of benzene rings is 1. The number of amides is 1. The van der Waals surface area contributed by atoms with Crippen molar-refractivity contribution in [1.82, 2.24) is 10.2 Å². The summed E-state index contributed by atoms with van der Waals surface area (Å²) in [6, 6.07) is 6.36. The van der Waals surface area contributed by atoms with Crippen LogP contribution in [0.5, 0.6) is 0 Å². The minimum Gasteiger partial charge on any atom is -0.394 e. The third kappa shape index (κ3) is 4.02. The number of aliphatic hydroxyl groups excluding tert-OH is 1. The van der Waals surface area contributed by atoms with E-state index in [-0.39, 0.29) is 18.3 Å². The van der Waals surface area contributed by atoms with E-state index in [1.54, 1.807) is 18.0 Å². The van der Waals surface area contributed by atoms with Crippen LogP contribution in [0, 0.1) is 11.7 Å². The lowest BCUT2D eigenvalue weighted by atomic mass is 9.90. The van der Waals surface area contributed by atoms with Crippen LogP contribution < -0.4 is 5.32 Å². The summed E-state index contributed by atoms with van der Waals surface area (Å²) in [5.74, 6) is 0.212. The van der Waals surface area contributed by atoms with Crippen molar-refractivity contribution in [1.29, 1.82) is 0 Å². The van der Waals surface area contributed by atoms with Crippen LogP contribution in [0.25, 0.3) is 0 Å². The molecule has 0 aliphatic carbocycles. The number of nitrogens with zero attached hydrogens (tertiary/aromatic N) is 1. The van der Waals surface area contributed by atoms with Crippen molar-refractivity contribution < 1.29 is 14.3 Å². The van der Waals surface area contributed by atoms with Crippen molar-refractivity contribution >= 4 is 5.91 Å². The number of piperidine rings is 1. The topological polar surface area (TPSA) is 52.6 Å². The minimum atomic E-state index is -0.520. The summed E-state index contributed by atoms with van der Waals surface area (Å²) in [4.78, 5) is 13.9. The highest BCUT2D eigenvalue weighted by Crippen LogP contribution is 2.23. The van der Waals surface area contributed by atoms with E-state index in [2.05, 4.69) is 5.32 Å². The highest BCUT2D eigenvalue weighted by atomic mass is 19.1. The molecule has 2 rings (SSSR count). The molecule has 0 spiro atoms. The molecule has 1 saturated heterocycles. The molecule has 1 amide bonds. The molecule has 0 bridgehead atoms. The standard InChI is InChI=1S/C16H23FN2O2/c1-18-15(11-20)16(21)19-8-6-12(7-9-19)10-13-4-2-3-5-14(13)17/h2-5,12,15,18,20H,6-11H2,1H3/t15-/m0/s1. The predicted molar refractivity (Wildman–Crippen MR) is 79.3 cm³/mol. The van der Waals surface area contributed by atoms with E-state index in [1.807, 2.05) is 12.1 Å². The van der Waals surface area contributed by atoms with Gasteiger partial charge in [0.2, 0.25) is 5.91 Å². The van der Waals surface area contributed by atoms with Crippen LogP contribution in [0.1, 0.15) is 18.4 Å². The van der Waals surface area contributed by atoms with Crippen LogP contribution in [0.3, 0.4) is 0 Å². The maximum absolute atomic E-state index is 13.6. The van der Waals surface area contributed by atoms with Crippen LogP contribution in [0.4, 0.5) is 4.39 Å². The second-order valence-corrected chi connectivity index (χ2v) is 5.59. The van der Waals surface area contributed by atoms with E-state index in [1.165, 1.54) is 6.07 Å². The number of likely N-dealkylation sites (N-methyl/N-ethyl adjacent to an activating group) is 1. The highest BCUT2D eigenvalue weighted by molar-refractivity contribution is 5.82. The number of nitrogens with one attached hydrogen (secondary N) is 1. The SMILES string of the molecule is CN[C@@H](CO)C(=O)N1CCC(Cc2ccccc2F)CC1. The van der Waals surface area contributed by atoms with Crippen molar-refractivity contribution in [2.24, 2.45) is 5.92 Å². The van der Waals surface area contributed by atoms with Crippen molar-refractivity contribution in [2.45, 2.75) is 25.3 Å². The molecule has 1 heterocycles. The average molecular weight is 294 g/mol. The Morgan fingerprint density at radius 1 is 1.43 bits per heavy atom. The summed E-state index contributed by atoms with van der Waals surface area (Å²) in [7, 11) is 1.67. The lowest BCUT2D eigenvalue weighted by Crippen LogP contribution is -2.50. The Morgan fingerprint density at radius 2 is 2.10 bits per heavy atom. The molecule has 1 atom stereocenters. The Morgan fingerprint density at radius 3 is 2.67 bits per heavy atom. The molecule has 0 aromatic heterocycles. The van der Waals surface area contributed by atoms with Crippen molar-refractivity contribution in [3.63, 3.8) is 0 Å². The molecule has 4 nitrogen and oxygen atoms in total. The van der Waals surface area contributed by atoms with Crippen LogP contribution in [-0.2, 0) is 11.2 Å². The second-order valence-electron chi connectivity index (χ2n) is 5.59. The van der Waals surface area contributed by atoms with E-state index in [0.29, 0.717) is 19.0 Å². The minimum absolute atomic E-state index is 0.0515. The molecule has 1 aliphatic heterocycles. The summed E-state index contributed by atoms with van der Waals surface area (Å²) in [5, 5.41) is 12.0. The van der Waals surface area contributed by atoms with Crippen molar-refractivity contribution in [3.8, 4) is 0 Å². The number of likely N-dealkylation sites (tertiary alicyclic amines) is 1. The fourth-order valence-electron chi connectivity index (χ4n) is 2.85. The number of carbonyl (C=O) groups is 1. The van der Waals surface area contributed by atoms with Gasteiger partial charge in [0.25, 0.3) is 0 Å². The molecule has 116 valence electrons. The zero-order valence-electron chi connectivity index (χ0n) is 12.4. The summed E-state index contributed by atoms with van der Waals surface area (Å²) < 4.78 is 13.6. The third-order valence-electron chi connectivity index (χ3n) is 4.22. The molecule has 1 fully saturated rings. The highest BCUT2D eigenvalue weighted by Gasteiger charge is 2.27. The van der Waals surface area contributed by atoms with Crippen LogP contribution in [-0.4, -0.2) is 48.7 Å². The van der Waals surface area contributed by atoms with Crippen LogP contribution in [0.2, 0.25) is 0 Å². The van der Waals surface area contributed by atoms with Gasteiger partial charge in [-0.2, -0.15) is 0 Å². The molecule has 5 heteroatoms.